The molecule has 3 N–H and O–H groups in total. The number of aryl methyl sites for hydroxylation is 1. The Bertz CT molecular complexity index is 984. The standard InChI is InChI=1S/C24H27N3/c1-16(17-6-3-2-4-7-17)26-23-9-5-8-20-21-14-18(19-12-13-25-15-19)10-11-22(21)27-24(20)23/h2-4,6-7,10-12,14,16,23,25-27H,5,8-9,13,15H2,1H3/t16-,23-/m1/s1. The van der Waals surface area contributed by atoms with Gasteiger partial charge >= 0.3 is 0 Å². The lowest BCUT2D eigenvalue weighted by Crippen LogP contribution is -2.27. The normalized spacial score (nSPS) is 20.5. The zero-order valence-corrected chi connectivity index (χ0v) is 15.9. The third-order valence-electron chi connectivity index (χ3n) is 6.14. The molecular weight excluding hydrogens is 330 g/mol. The van der Waals surface area contributed by atoms with Crippen molar-refractivity contribution in [3.8, 4) is 0 Å². The lowest BCUT2D eigenvalue weighted by atomic mass is 9.90. The predicted octanol–water partition coefficient (Wildman–Crippen LogP) is 4.88. The summed E-state index contributed by atoms with van der Waals surface area (Å²) < 4.78 is 0. The Morgan fingerprint density at radius 1 is 1.11 bits per heavy atom. The first-order chi connectivity index (χ1) is 13.3. The molecule has 0 bridgehead atoms. The molecule has 0 spiro atoms. The average Bonchev–Trinajstić information content (AvgIpc) is 3.37. The molecule has 1 aliphatic carbocycles. The maximum atomic E-state index is 3.87. The van der Waals surface area contributed by atoms with Crippen molar-refractivity contribution in [1.29, 1.82) is 0 Å². The first kappa shape index (κ1) is 16.8. The van der Waals surface area contributed by atoms with Crippen LogP contribution in [-0.4, -0.2) is 18.1 Å². The fourth-order valence-corrected chi connectivity index (χ4v) is 4.66. The summed E-state index contributed by atoms with van der Waals surface area (Å²) in [5, 5.41) is 8.69. The van der Waals surface area contributed by atoms with Crippen molar-refractivity contribution in [2.45, 2.75) is 38.3 Å². The van der Waals surface area contributed by atoms with Crippen molar-refractivity contribution in [2.24, 2.45) is 0 Å². The Morgan fingerprint density at radius 2 is 2.00 bits per heavy atom. The molecule has 5 rings (SSSR count). The highest BCUT2D eigenvalue weighted by Crippen LogP contribution is 2.37. The van der Waals surface area contributed by atoms with Crippen LogP contribution in [-0.2, 0) is 6.42 Å². The first-order valence-corrected chi connectivity index (χ1v) is 10.2. The van der Waals surface area contributed by atoms with E-state index in [1.807, 2.05) is 0 Å². The number of hydrogen-bond donors (Lipinski definition) is 3. The van der Waals surface area contributed by atoms with E-state index >= 15 is 0 Å². The minimum Gasteiger partial charge on any atom is -0.357 e. The Hall–Kier alpha value is -2.36. The zero-order valence-electron chi connectivity index (χ0n) is 15.9. The molecule has 0 fully saturated rings. The third-order valence-corrected chi connectivity index (χ3v) is 6.14. The molecular formula is C24H27N3. The van der Waals surface area contributed by atoms with Crippen LogP contribution >= 0.6 is 0 Å². The monoisotopic (exact) mass is 357 g/mol. The maximum absolute atomic E-state index is 3.87. The van der Waals surface area contributed by atoms with Crippen LogP contribution in [0.25, 0.3) is 16.5 Å². The highest BCUT2D eigenvalue weighted by Gasteiger charge is 2.26. The molecule has 0 saturated carbocycles. The number of H-pyrrole nitrogens is 1. The van der Waals surface area contributed by atoms with E-state index < -0.39 is 0 Å². The second-order valence-electron chi connectivity index (χ2n) is 7.88. The van der Waals surface area contributed by atoms with Gasteiger partial charge in [0.25, 0.3) is 0 Å². The van der Waals surface area contributed by atoms with Gasteiger partial charge < -0.3 is 15.6 Å². The van der Waals surface area contributed by atoms with Gasteiger partial charge in [-0.25, -0.2) is 0 Å². The summed E-state index contributed by atoms with van der Waals surface area (Å²) in [6.07, 6.45) is 5.92. The molecule has 2 aromatic carbocycles. The fraction of sp³-hybridized carbons (Fsp3) is 0.333. The molecule has 2 aliphatic rings. The van der Waals surface area contributed by atoms with Crippen molar-refractivity contribution in [2.75, 3.05) is 13.1 Å². The lowest BCUT2D eigenvalue weighted by molar-refractivity contribution is 0.410. The molecule has 0 unspecified atom stereocenters. The van der Waals surface area contributed by atoms with Crippen molar-refractivity contribution in [3.05, 3.63) is 77.0 Å². The number of aromatic amines is 1. The van der Waals surface area contributed by atoms with E-state index in [1.165, 1.54) is 58.1 Å². The lowest BCUT2D eigenvalue weighted by Gasteiger charge is -2.27. The van der Waals surface area contributed by atoms with Crippen LogP contribution in [0, 0.1) is 0 Å². The van der Waals surface area contributed by atoms with Crippen LogP contribution < -0.4 is 10.6 Å². The number of aromatic nitrogens is 1. The van der Waals surface area contributed by atoms with Crippen LogP contribution in [0.1, 0.15) is 54.2 Å². The molecule has 2 atom stereocenters. The second kappa shape index (κ2) is 6.99. The molecule has 2 heterocycles. The van der Waals surface area contributed by atoms with E-state index in [0.29, 0.717) is 12.1 Å². The van der Waals surface area contributed by atoms with Gasteiger partial charge in [-0.15, -0.1) is 0 Å². The van der Waals surface area contributed by atoms with E-state index in [1.54, 1.807) is 0 Å². The number of nitrogens with one attached hydrogen (secondary N) is 3. The van der Waals surface area contributed by atoms with E-state index in [2.05, 4.69) is 77.1 Å². The number of benzene rings is 2. The molecule has 3 heteroatoms. The quantitative estimate of drug-likeness (QED) is 0.622. The average molecular weight is 358 g/mol. The SMILES string of the molecule is C[C@@H](N[C@@H]1CCCc2c1[nH]c1ccc(C3=CCNC3)cc21)c1ccccc1. The molecule has 3 nitrogen and oxygen atoms in total. The van der Waals surface area contributed by atoms with Gasteiger partial charge in [-0.05, 0) is 60.6 Å². The Morgan fingerprint density at radius 3 is 2.81 bits per heavy atom. The third kappa shape index (κ3) is 3.11. The van der Waals surface area contributed by atoms with Crippen molar-refractivity contribution in [3.63, 3.8) is 0 Å². The topological polar surface area (TPSA) is 39.9 Å². The van der Waals surface area contributed by atoms with Crippen molar-refractivity contribution >= 4 is 16.5 Å². The largest absolute Gasteiger partial charge is 0.357 e. The Balaban J connectivity index is 1.47. The van der Waals surface area contributed by atoms with Crippen LogP contribution in [0.5, 0.6) is 0 Å². The molecule has 1 aromatic heterocycles. The number of fused-ring (bicyclic) bond motifs is 3. The minimum absolute atomic E-state index is 0.346. The van der Waals surface area contributed by atoms with E-state index in [4.69, 9.17) is 0 Å². The summed E-state index contributed by atoms with van der Waals surface area (Å²) in [5.41, 5.74) is 8.33. The van der Waals surface area contributed by atoms with E-state index in [-0.39, 0.29) is 0 Å². The zero-order chi connectivity index (χ0) is 18.2. The minimum atomic E-state index is 0.346. The highest BCUT2D eigenvalue weighted by molar-refractivity contribution is 5.89. The molecule has 0 saturated heterocycles. The van der Waals surface area contributed by atoms with Gasteiger partial charge in [-0.1, -0.05) is 42.5 Å². The van der Waals surface area contributed by atoms with Gasteiger partial charge in [0.2, 0.25) is 0 Å². The van der Waals surface area contributed by atoms with E-state index in [9.17, 15) is 0 Å². The molecule has 138 valence electrons. The fourth-order valence-electron chi connectivity index (χ4n) is 4.66. The summed E-state index contributed by atoms with van der Waals surface area (Å²) in [4.78, 5) is 3.74. The summed E-state index contributed by atoms with van der Waals surface area (Å²) in [6.45, 7) is 4.24. The van der Waals surface area contributed by atoms with Gasteiger partial charge in [0.05, 0.1) is 0 Å². The van der Waals surface area contributed by atoms with Crippen LogP contribution in [0.4, 0.5) is 0 Å². The predicted molar refractivity (Wildman–Crippen MR) is 113 cm³/mol. The second-order valence-corrected chi connectivity index (χ2v) is 7.88. The Kier molecular flexibility index (Phi) is 4.35. The van der Waals surface area contributed by atoms with Crippen LogP contribution in [0.2, 0.25) is 0 Å². The van der Waals surface area contributed by atoms with Crippen LogP contribution in [0.3, 0.4) is 0 Å². The first-order valence-electron chi connectivity index (χ1n) is 10.2. The number of hydrogen-bond acceptors (Lipinski definition) is 2. The highest BCUT2D eigenvalue weighted by atomic mass is 15.0. The molecule has 3 aromatic rings. The van der Waals surface area contributed by atoms with Crippen LogP contribution in [0.15, 0.2) is 54.6 Å². The summed E-state index contributed by atoms with van der Waals surface area (Å²) in [5.74, 6) is 0. The molecule has 27 heavy (non-hydrogen) atoms. The summed E-state index contributed by atoms with van der Waals surface area (Å²) in [6, 6.07) is 18.4. The molecule has 0 radical (unpaired) electrons. The summed E-state index contributed by atoms with van der Waals surface area (Å²) >= 11 is 0. The van der Waals surface area contributed by atoms with Gasteiger partial charge in [0.1, 0.15) is 0 Å². The molecule has 0 amide bonds. The molecule has 1 aliphatic heterocycles. The van der Waals surface area contributed by atoms with Gasteiger partial charge in [-0.3, -0.25) is 0 Å². The van der Waals surface area contributed by atoms with Gasteiger partial charge in [0.15, 0.2) is 0 Å². The smallest absolute Gasteiger partial charge is 0.0480 e. The Labute approximate surface area is 160 Å². The van der Waals surface area contributed by atoms with Crippen molar-refractivity contribution < 1.29 is 0 Å². The van der Waals surface area contributed by atoms with Gasteiger partial charge in [-0.2, -0.15) is 0 Å². The maximum Gasteiger partial charge on any atom is 0.0480 e. The summed E-state index contributed by atoms with van der Waals surface area (Å²) in [7, 11) is 0. The van der Waals surface area contributed by atoms with E-state index in [0.717, 1.165) is 13.1 Å². The number of rotatable bonds is 4. The van der Waals surface area contributed by atoms with Gasteiger partial charge in [0, 0.05) is 41.8 Å². The van der Waals surface area contributed by atoms with Crippen molar-refractivity contribution in [1.82, 2.24) is 15.6 Å².